The molecule has 27 heavy (non-hydrogen) atoms. The maximum atomic E-state index is 12.6. The largest absolute Gasteiger partial charge is 0.502 e. The number of hydrogen-bond acceptors (Lipinski definition) is 7. The topological polar surface area (TPSA) is 143 Å². The molecule has 1 heterocycles. The van der Waals surface area contributed by atoms with Crippen LogP contribution in [-0.2, 0) is 4.79 Å². The number of nitrogens with zero attached hydrogens (tertiary/aromatic N) is 1. The predicted molar refractivity (Wildman–Crippen MR) is 96.9 cm³/mol. The van der Waals surface area contributed by atoms with Gasteiger partial charge < -0.3 is 19.9 Å². The SMILES string of the molecule is CC(=O)Nc1cc(C)cc2c(=O)c(O)c(-c3ccc(O)c([N+](=O)[O-])c3)oc12. The van der Waals surface area contributed by atoms with E-state index in [0.717, 1.165) is 12.1 Å². The molecule has 3 aromatic rings. The molecule has 0 fully saturated rings. The van der Waals surface area contributed by atoms with E-state index in [1.54, 1.807) is 13.0 Å². The number of phenols is 1. The van der Waals surface area contributed by atoms with E-state index in [1.165, 1.54) is 19.1 Å². The van der Waals surface area contributed by atoms with Gasteiger partial charge in [-0.1, -0.05) is 0 Å². The molecule has 0 spiro atoms. The lowest BCUT2D eigenvalue weighted by Gasteiger charge is -2.11. The minimum absolute atomic E-state index is 0.0179. The van der Waals surface area contributed by atoms with E-state index in [1.807, 2.05) is 0 Å². The van der Waals surface area contributed by atoms with Crippen molar-refractivity contribution in [2.24, 2.45) is 0 Å². The molecule has 3 rings (SSSR count). The Bertz CT molecular complexity index is 1160. The fourth-order valence-corrected chi connectivity index (χ4v) is 2.72. The lowest BCUT2D eigenvalue weighted by molar-refractivity contribution is -0.385. The Morgan fingerprint density at radius 3 is 2.56 bits per heavy atom. The fourth-order valence-electron chi connectivity index (χ4n) is 2.72. The first-order valence-electron chi connectivity index (χ1n) is 7.75. The van der Waals surface area contributed by atoms with Gasteiger partial charge in [-0.05, 0) is 36.8 Å². The number of nitro groups is 1. The highest BCUT2D eigenvalue weighted by atomic mass is 16.6. The molecule has 1 aromatic heterocycles. The number of nitrogens with one attached hydrogen (secondary N) is 1. The van der Waals surface area contributed by atoms with E-state index >= 15 is 0 Å². The molecule has 0 aliphatic carbocycles. The van der Waals surface area contributed by atoms with Crippen LogP contribution in [0.15, 0.2) is 39.5 Å². The number of hydrogen-bond donors (Lipinski definition) is 3. The van der Waals surface area contributed by atoms with Gasteiger partial charge in [0, 0.05) is 18.6 Å². The van der Waals surface area contributed by atoms with Crippen LogP contribution in [0.25, 0.3) is 22.3 Å². The van der Waals surface area contributed by atoms with Crippen LogP contribution in [-0.4, -0.2) is 21.0 Å². The Balaban J connectivity index is 2.35. The van der Waals surface area contributed by atoms with E-state index < -0.39 is 27.5 Å². The van der Waals surface area contributed by atoms with Crippen molar-refractivity contribution in [2.45, 2.75) is 13.8 Å². The van der Waals surface area contributed by atoms with Crippen molar-refractivity contribution in [1.82, 2.24) is 0 Å². The molecule has 0 bridgehead atoms. The second kappa shape index (κ2) is 6.45. The van der Waals surface area contributed by atoms with Gasteiger partial charge in [0.1, 0.15) is 0 Å². The van der Waals surface area contributed by atoms with Crippen molar-refractivity contribution < 1.29 is 24.3 Å². The van der Waals surface area contributed by atoms with Gasteiger partial charge in [-0.15, -0.1) is 0 Å². The molecular weight excluding hydrogens is 356 g/mol. The van der Waals surface area contributed by atoms with Crippen molar-refractivity contribution in [3.05, 3.63) is 56.2 Å². The zero-order valence-electron chi connectivity index (χ0n) is 14.3. The summed E-state index contributed by atoms with van der Waals surface area (Å²) in [7, 11) is 0. The second-order valence-electron chi connectivity index (χ2n) is 5.94. The van der Waals surface area contributed by atoms with Crippen LogP contribution in [0.2, 0.25) is 0 Å². The quantitative estimate of drug-likeness (QED) is 0.475. The number of nitro benzene ring substituents is 1. The summed E-state index contributed by atoms with van der Waals surface area (Å²) in [6.45, 7) is 3.00. The van der Waals surface area contributed by atoms with Gasteiger partial charge in [0.25, 0.3) is 0 Å². The molecule has 0 aliphatic heterocycles. The Morgan fingerprint density at radius 2 is 1.93 bits per heavy atom. The third-order valence-corrected chi connectivity index (χ3v) is 3.86. The number of aryl methyl sites for hydroxylation is 1. The Labute approximate surface area is 151 Å². The zero-order valence-corrected chi connectivity index (χ0v) is 14.3. The Hall–Kier alpha value is -3.88. The van der Waals surface area contributed by atoms with Gasteiger partial charge in [0.15, 0.2) is 17.1 Å². The average Bonchev–Trinajstić information content (AvgIpc) is 2.58. The summed E-state index contributed by atoms with van der Waals surface area (Å²) < 4.78 is 5.65. The molecule has 0 saturated heterocycles. The highest BCUT2D eigenvalue weighted by molar-refractivity contribution is 5.99. The van der Waals surface area contributed by atoms with Gasteiger partial charge in [0.2, 0.25) is 17.1 Å². The maximum Gasteiger partial charge on any atom is 0.311 e. The summed E-state index contributed by atoms with van der Waals surface area (Å²) in [5.41, 5.74) is -0.442. The lowest BCUT2D eigenvalue weighted by atomic mass is 10.1. The van der Waals surface area contributed by atoms with E-state index in [2.05, 4.69) is 5.32 Å². The summed E-state index contributed by atoms with van der Waals surface area (Å²) in [4.78, 5) is 34.3. The monoisotopic (exact) mass is 370 g/mol. The number of rotatable bonds is 3. The van der Waals surface area contributed by atoms with Gasteiger partial charge in [-0.25, -0.2) is 0 Å². The van der Waals surface area contributed by atoms with Gasteiger partial charge >= 0.3 is 5.69 Å². The number of benzene rings is 2. The summed E-state index contributed by atoms with van der Waals surface area (Å²) in [6, 6.07) is 6.38. The third kappa shape index (κ3) is 3.17. The summed E-state index contributed by atoms with van der Waals surface area (Å²) in [5.74, 6) is -2.01. The number of carbonyl (C=O) groups excluding carboxylic acids is 1. The lowest BCUT2D eigenvalue weighted by Crippen LogP contribution is -2.09. The second-order valence-corrected chi connectivity index (χ2v) is 5.94. The van der Waals surface area contributed by atoms with E-state index in [-0.39, 0.29) is 33.9 Å². The normalized spacial score (nSPS) is 10.7. The van der Waals surface area contributed by atoms with Crippen molar-refractivity contribution in [3.8, 4) is 22.8 Å². The number of amides is 1. The van der Waals surface area contributed by atoms with Gasteiger partial charge in [0.05, 0.1) is 16.0 Å². The average molecular weight is 370 g/mol. The highest BCUT2D eigenvalue weighted by Gasteiger charge is 2.21. The summed E-state index contributed by atoms with van der Waals surface area (Å²) in [5, 5.41) is 33.5. The van der Waals surface area contributed by atoms with Crippen LogP contribution in [0.4, 0.5) is 11.4 Å². The smallest absolute Gasteiger partial charge is 0.311 e. The summed E-state index contributed by atoms with van der Waals surface area (Å²) in [6.07, 6.45) is 0. The number of fused-ring (bicyclic) bond motifs is 1. The molecular formula is C18H14N2O7. The van der Waals surface area contributed by atoms with Gasteiger partial charge in [-0.3, -0.25) is 19.7 Å². The van der Waals surface area contributed by atoms with Crippen molar-refractivity contribution in [2.75, 3.05) is 5.32 Å². The van der Waals surface area contributed by atoms with Crippen LogP contribution in [0.5, 0.6) is 11.5 Å². The highest BCUT2D eigenvalue weighted by Crippen LogP contribution is 2.37. The summed E-state index contributed by atoms with van der Waals surface area (Å²) >= 11 is 0. The maximum absolute atomic E-state index is 12.6. The van der Waals surface area contributed by atoms with Crippen molar-refractivity contribution in [3.63, 3.8) is 0 Å². The van der Waals surface area contributed by atoms with Crippen LogP contribution < -0.4 is 10.7 Å². The Morgan fingerprint density at radius 1 is 1.22 bits per heavy atom. The number of anilines is 1. The van der Waals surface area contributed by atoms with Crippen LogP contribution in [0, 0.1) is 17.0 Å². The molecule has 138 valence electrons. The van der Waals surface area contributed by atoms with E-state index in [9.17, 15) is 29.9 Å². The molecule has 9 heteroatoms. The standard InChI is InChI=1S/C18H14N2O7/c1-8-5-11-15(23)16(24)17(27-18(11)12(6-8)19-9(2)21)10-3-4-14(22)13(7-10)20(25)26/h3-7,22,24H,1-2H3,(H,19,21). The van der Waals surface area contributed by atoms with Crippen molar-refractivity contribution >= 4 is 28.3 Å². The van der Waals surface area contributed by atoms with Crippen LogP contribution >= 0.6 is 0 Å². The minimum Gasteiger partial charge on any atom is -0.502 e. The molecule has 0 unspecified atom stereocenters. The fraction of sp³-hybridized carbons (Fsp3) is 0.111. The van der Waals surface area contributed by atoms with Crippen LogP contribution in [0.3, 0.4) is 0 Å². The molecule has 0 saturated carbocycles. The minimum atomic E-state index is -0.804. The predicted octanol–water partition coefficient (Wildman–Crippen LogP) is 3.05. The third-order valence-electron chi connectivity index (χ3n) is 3.86. The number of aromatic hydroxyl groups is 2. The molecule has 0 aliphatic rings. The van der Waals surface area contributed by atoms with Crippen molar-refractivity contribution in [1.29, 1.82) is 0 Å². The molecule has 1 amide bonds. The zero-order chi connectivity index (χ0) is 19.9. The van der Waals surface area contributed by atoms with Crippen LogP contribution in [0.1, 0.15) is 12.5 Å². The number of carbonyl (C=O) groups is 1. The van der Waals surface area contributed by atoms with E-state index in [4.69, 9.17) is 4.42 Å². The Kier molecular flexibility index (Phi) is 4.28. The number of phenolic OH excluding ortho intramolecular Hbond substituents is 1. The molecule has 9 nitrogen and oxygen atoms in total. The first-order valence-corrected chi connectivity index (χ1v) is 7.75. The molecule has 0 atom stereocenters. The molecule has 3 N–H and O–H groups in total. The first-order chi connectivity index (χ1) is 12.7. The first kappa shape index (κ1) is 17.9. The molecule has 0 radical (unpaired) electrons. The van der Waals surface area contributed by atoms with E-state index in [0.29, 0.717) is 5.56 Å². The molecule has 2 aromatic carbocycles. The van der Waals surface area contributed by atoms with Gasteiger partial charge in [-0.2, -0.15) is 0 Å².